The summed E-state index contributed by atoms with van der Waals surface area (Å²) in [6.07, 6.45) is 5.35. The van der Waals surface area contributed by atoms with E-state index in [1.165, 1.54) is 31.2 Å². The van der Waals surface area contributed by atoms with Gasteiger partial charge in [0.2, 0.25) is 0 Å². The molecule has 1 N–H and O–H groups in total. The summed E-state index contributed by atoms with van der Waals surface area (Å²) in [7, 11) is 1.76. The molecule has 2 aliphatic heterocycles. The number of benzene rings is 1. The normalized spacial score (nSPS) is 28.9. The third-order valence-corrected chi connectivity index (χ3v) is 4.94. The summed E-state index contributed by atoms with van der Waals surface area (Å²) in [5.74, 6) is 1.02. The molecule has 2 aliphatic rings. The minimum Gasteiger partial charge on any atom is -0.496 e. The number of methoxy groups -OCH3 is 1. The van der Waals surface area contributed by atoms with E-state index in [2.05, 4.69) is 35.3 Å². The van der Waals surface area contributed by atoms with Gasteiger partial charge < -0.3 is 10.1 Å². The molecule has 3 rings (SSSR count). The fourth-order valence-corrected chi connectivity index (χ4v) is 3.88. The molecule has 1 aromatic rings. The van der Waals surface area contributed by atoms with Gasteiger partial charge in [-0.3, -0.25) is 4.90 Å². The smallest absolute Gasteiger partial charge is 0.123 e. The summed E-state index contributed by atoms with van der Waals surface area (Å²) in [5, 5.41) is 3.73. The van der Waals surface area contributed by atoms with Crippen LogP contribution in [-0.2, 0) is 6.54 Å². The molecule has 110 valence electrons. The number of hydrogen-bond acceptors (Lipinski definition) is 3. The van der Waals surface area contributed by atoms with Gasteiger partial charge in [0.1, 0.15) is 5.75 Å². The predicted molar refractivity (Wildman–Crippen MR) is 82.0 cm³/mol. The first-order valence-electron chi connectivity index (χ1n) is 7.92. The van der Waals surface area contributed by atoms with Crippen molar-refractivity contribution in [1.29, 1.82) is 0 Å². The topological polar surface area (TPSA) is 24.5 Å². The third-order valence-electron chi connectivity index (χ3n) is 4.94. The van der Waals surface area contributed by atoms with E-state index in [4.69, 9.17) is 4.74 Å². The van der Waals surface area contributed by atoms with Crippen LogP contribution in [0.15, 0.2) is 24.3 Å². The first kappa shape index (κ1) is 13.9. The summed E-state index contributed by atoms with van der Waals surface area (Å²) < 4.78 is 5.49. The van der Waals surface area contributed by atoms with Gasteiger partial charge in [-0.05, 0) is 38.3 Å². The predicted octanol–water partition coefficient (Wildman–Crippen LogP) is 2.80. The van der Waals surface area contributed by atoms with Gasteiger partial charge in [0.15, 0.2) is 0 Å². The van der Waals surface area contributed by atoms with Crippen LogP contribution in [0, 0.1) is 0 Å². The van der Waals surface area contributed by atoms with Crippen LogP contribution < -0.4 is 10.1 Å². The van der Waals surface area contributed by atoms with Gasteiger partial charge in [-0.25, -0.2) is 0 Å². The van der Waals surface area contributed by atoms with Gasteiger partial charge in [0.25, 0.3) is 0 Å². The Balaban J connectivity index is 1.70. The van der Waals surface area contributed by atoms with Gasteiger partial charge in [0.05, 0.1) is 7.11 Å². The van der Waals surface area contributed by atoms with Crippen LogP contribution in [0.25, 0.3) is 0 Å². The maximum atomic E-state index is 5.49. The lowest BCUT2D eigenvalue weighted by atomic mass is 9.97. The quantitative estimate of drug-likeness (QED) is 0.893. The van der Waals surface area contributed by atoms with Crippen molar-refractivity contribution in [3.63, 3.8) is 0 Å². The first-order valence-corrected chi connectivity index (χ1v) is 7.92. The van der Waals surface area contributed by atoms with Crippen LogP contribution in [0.1, 0.15) is 38.2 Å². The Morgan fingerprint density at radius 1 is 1.20 bits per heavy atom. The van der Waals surface area contributed by atoms with Gasteiger partial charge in [-0.1, -0.05) is 25.1 Å². The van der Waals surface area contributed by atoms with E-state index in [-0.39, 0.29) is 0 Å². The lowest BCUT2D eigenvalue weighted by Gasteiger charge is -2.37. The van der Waals surface area contributed by atoms with Crippen molar-refractivity contribution < 1.29 is 4.74 Å². The number of para-hydroxylation sites is 1. The Hall–Kier alpha value is -1.06. The van der Waals surface area contributed by atoms with E-state index < -0.39 is 0 Å². The van der Waals surface area contributed by atoms with Crippen molar-refractivity contribution in [3.8, 4) is 5.75 Å². The zero-order valence-corrected chi connectivity index (χ0v) is 12.6. The molecule has 0 amide bonds. The number of fused-ring (bicyclic) bond motifs is 2. The molecular weight excluding hydrogens is 248 g/mol. The van der Waals surface area contributed by atoms with E-state index in [1.54, 1.807) is 7.11 Å². The standard InChI is InChI=1S/C17H26N2O/c1-3-19(12-13-6-4-5-7-17(13)20-2)16-10-14-8-9-15(11-16)18-14/h4-7,14-16,18H,3,8-12H2,1-2H3. The minimum absolute atomic E-state index is 0.726. The summed E-state index contributed by atoms with van der Waals surface area (Å²) >= 11 is 0. The van der Waals surface area contributed by atoms with E-state index in [9.17, 15) is 0 Å². The molecule has 1 aromatic carbocycles. The molecule has 2 heterocycles. The van der Waals surface area contributed by atoms with Crippen molar-refractivity contribution in [2.45, 2.75) is 57.3 Å². The monoisotopic (exact) mass is 274 g/mol. The molecule has 0 aliphatic carbocycles. The van der Waals surface area contributed by atoms with Gasteiger partial charge in [-0.2, -0.15) is 0 Å². The highest BCUT2D eigenvalue weighted by Gasteiger charge is 2.35. The first-order chi connectivity index (χ1) is 9.80. The Kier molecular flexibility index (Phi) is 4.27. The fraction of sp³-hybridized carbons (Fsp3) is 0.647. The summed E-state index contributed by atoms with van der Waals surface area (Å²) in [4.78, 5) is 2.63. The van der Waals surface area contributed by atoms with Gasteiger partial charge in [0, 0.05) is 30.2 Å². The van der Waals surface area contributed by atoms with E-state index in [0.29, 0.717) is 0 Å². The van der Waals surface area contributed by atoms with Crippen molar-refractivity contribution in [2.24, 2.45) is 0 Å². The lowest BCUT2D eigenvalue weighted by Crippen LogP contribution is -2.47. The van der Waals surface area contributed by atoms with Crippen LogP contribution in [-0.4, -0.2) is 36.7 Å². The Morgan fingerprint density at radius 2 is 1.90 bits per heavy atom. The number of nitrogens with zero attached hydrogens (tertiary/aromatic N) is 1. The maximum absolute atomic E-state index is 5.49. The molecule has 20 heavy (non-hydrogen) atoms. The zero-order valence-electron chi connectivity index (χ0n) is 12.6. The minimum atomic E-state index is 0.726. The van der Waals surface area contributed by atoms with Crippen molar-refractivity contribution in [3.05, 3.63) is 29.8 Å². The molecule has 0 aromatic heterocycles. The number of rotatable bonds is 5. The van der Waals surface area contributed by atoms with Crippen LogP contribution in [0.4, 0.5) is 0 Å². The molecular formula is C17H26N2O. The molecule has 0 saturated carbocycles. The van der Waals surface area contributed by atoms with E-state index >= 15 is 0 Å². The highest BCUT2D eigenvalue weighted by Crippen LogP contribution is 2.31. The summed E-state index contributed by atoms with van der Waals surface area (Å²) in [5.41, 5.74) is 1.31. The van der Waals surface area contributed by atoms with Gasteiger partial charge >= 0.3 is 0 Å². The molecule has 2 atom stereocenters. The number of nitrogens with one attached hydrogen (secondary N) is 1. The molecule has 0 spiro atoms. The van der Waals surface area contributed by atoms with Crippen LogP contribution in [0.3, 0.4) is 0 Å². The second-order valence-corrected chi connectivity index (χ2v) is 6.14. The van der Waals surface area contributed by atoms with Gasteiger partial charge in [-0.15, -0.1) is 0 Å². The summed E-state index contributed by atoms with van der Waals surface area (Å²) in [6.45, 7) is 4.39. The maximum Gasteiger partial charge on any atom is 0.123 e. The molecule has 2 bridgehead atoms. The second kappa shape index (κ2) is 6.15. The average molecular weight is 274 g/mol. The van der Waals surface area contributed by atoms with Crippen molar-refractivity contribution in [1.82, 2.24) is 10.2 Å². The molecule has 3 nitrogen and oxygen atoms in total. The molecule has 3 heteroatoms. The number of piperidine rings is 1. The molecule has 0 radical (unpaired) electrons. The summed E-state index contributed by atoms with van der Waals surface area (Å²) in [6, 6.07) is 10.6. The lowest BCUT2D eigenvalue weighted by molar-refractivity contribution is 0.139. The highest BCUT2D eigenvalue weighted by molar-refractivity contribution is 5.33. The van der Waals surface area contributed by atoms with E-state index in [0.717, 1.165) is 37.0 Å². The van der Waals surface area contributed by atoms with E-state index in [1.807, 2.05) is 6.07 Å². The molecule has 2 fully saturated rings. The Labute approximate surface area is 122 Å². The SMILES string of the molecule is CCN(Cc1ccccc1OC)C1CC2CCC(C1)N2. The molecule has 2 unspecified atom stereocenters. The average Bonchev–Trinajstić information content (AvgIpc) is 2.83. The third kappa shape index (κ3) is 2.84. The Morgan fingerprint density at radius 3 is 2.55 bits per heavy atom. The fourth-order valence-electron chi connectivity index (χ4n) is 3.88. The van der Waals surface area contributed by atoms with Crippen molar-refractivity contribution in [2.75, 3.05) is 13.7 Å². The largest absolute Gasteiger partial charge is 0.496 e. The zero-order chi connectivity index (χ0) is 13.9. The number of ether oxygens (including phenoxy) is 1. The van der Waals surface area contributed by atoms with Crippen LogP contribution in [0.5, 0.6) is 5.75 Å². The second-order valence-electron chi connectivity index (χ2n) is 6.14. The Bertz CT molecular complexity index is 436. The highest BCUT2D eigenvalue weighted by atomic mass is 16.5. The van der Waals surface area contributed by atoms with Crippen LogP contribution in [0.2, 0.25) is 0 Å². The van der Waals surface area contributed by atoms with Crippen LogP contribution >= 0.6 is 0 Å². The molecule has 2 saturated heterocycles. The number of hydrogen-bond donors (Lipinski definition) is 1. The van der Waals surface area contributed by atoms with Crippen molar-refractivity contribution >= 4 is 0 Å².